The predicted molar refractivity (Wildman–Crippen MR) is 117 cm³/mol. The van der Waals surface area contributed by atoms with Crippen molar-refractivity contribution in [3.8, 4) is 11.5 Å². The van der Waals surface area contributed by atoms with E-state index in [-0.39, 0.29) is 12.3 Å². The van der Waals surface area contributed by atoms with Gasteiger partial charge in [-0.2, -0.15) is 0 Å². The lowest BCUT2D eigenvalue weighted by Crippen LogP contribution is -2.27. The third kappa shape index (κ3) is 5.90. The minimum Gasteiger partial charge on any atom is -0.493 e. The molecule has 0 saturated heterocycles. The molecule has 3 rings (SSSR count). The van der Waals surface area contributed by atoms with E-state index in [0.29, 0.717) is 41.2 Å². The highest BCUT2D eigenvalue weighted by atomic mass is 32.1. The summed E-state index contributed by atoms with van der Waals surface area (Å²) < 4.78 is 10.5. The van der Waals surface area contributed by atoms with Gasteiger partial charge >= 0.3 is 0 Å². The monoisotopic (exact) mass is 427 g/mol. The van der Waals surface area contributed by atoms with Crippen LogP contribution in [0.3, 0.4) is 0 Å². The van der Waals surface area contributed by atoms with Crippen LogP contribution in [0.4, 0.5) is 11.1 Å². The Labute approximate surface area is 179 Å². The molecule has 1 aromatic carbocycles. The second kappa shape index (κ2) is 10.0. The molecule has 0 saturated carbocycles. The van der Waals surface area contributed by atoms with Gasteiger partial charge in [-0.1, -0.05) is 6.07 Å². The quantitative estimate of drug-likeness (QED) is 0.541. The average Bonchev–Trinajstić information content (AvgIpc) is 3.13. The summed E-state index contributed by atoms with van der Waals surface area (Å²) in [6, 6.07) is 7.64. The smallest absolute Gasteiger partial charge is 0.229 e. The molecule has 2 heterocycles. The topological polar surface area (TPSA) is 98.3 Å². The number of nitrogens with one attached hydrogen (secondary N) is 2. The molecule has 0 fully saturated rings. The van der Waals surface area contributed by atoms with Gasteiger partial charge in [-0.15, -0.1) is 11.3 Å². The van der Waals surface area contributed by atoms with Crippen LogP contribution >= 0.6 is 11.3 Å². The molecule has 0 bridgehead atoms. The van der Waals surface area contributed by atoms with Gasteiger partial charge < -0.3 is 20.1 Å². The first kappa shape index (κ1) is 21.5. The summed E-state index contributed by atoms with van der Waals surface area (Å²) in [5.41, 5.74) is 3.53. The summed E-state index contributed by atoms with van der Waals surface area (Å²) >= 11 is 1.42. The van der Waals surface area contributed by atoms with Gasteiger partial charge in [-0.05, 0) is 44.0 Å². The number of nitrogens with zero attached hydrogens (tertiary/aromatic N) is 3. The van der Waals surface area contributed by atoms with Crippen molar-refractivity contribution in [3.05, 3.63) is 52.3 Å². The molecule has 3 aromatic rings. The fourth-order valence-corrected chi connectivity index (χ4v) is 3.64. The van der Waals surface area contributed by atoms with Gasteiger partial charge in [0.05, 0.1) is 26.3 Å². The summed E-state index contributed by atoms with van der Waals surface area (Å²) in [6.45, 7) is 4.36. The van der Waals surface area contributed by atoms with E-state index in [2.05, 4.69) is 25.6 Å². The Morgan fingerprint density at radius 2 is 1.77 bits per heavy atom. The molecule has 0 radical (unpaired) electrons. The number of aryl methyl sites for hydroxylation is 2. The van der Waals surface area contributed by atoms with E-state index in [1.807, 2.05) is 43.5 Å². The van der Waals surface area contributed by atoms with Crippen molar-refractivity contribution in [1.29, 1.82) is 0 Å². The third-order valence-electron chi connectivity index (χ3n) is 4.28. The second-order valence-corrected chi connectivity index (χ2v) is 7.57. The molecule has 9 heteroatoms. The fraction of sp³-hybridized carbons (Fsp3) is 0.333. The molecule has 30 heavy (non-hydrogen) atoms. The minimum atomic E-state index is -0.0741. The van der Waals surface area contributed by atoms with Crippen molar-refractivity contribution < 1.29 is 14.3 Å². The van der Waals surface area contributed by atoms with E-state index in [9.17, 15) is 4.79 Å². The Morgan fingerprint density at radius 3 is 2.47 bits per heavy atom. The van der Waals surface area contributed by atoms with Crippen LogP contribution in [0, 0.1) is 13.8 Å². The zero-order chi connectivity index (χ0) is 21.5. The second-order valence-electron chi connectivity index (χ2n) is 6.71. The van der Waals surface area contributed by atoms with E-state index in [0.717, 1.165) is 17.0 Å². The van der Waals surface area contributed by atoms with Gasteiger partial charge in [0.2, 0.25) is 11.9 Å². The molecule has 1 amide bonds. The van der Waals surface area contributed by atoms with Crippen molar-refractivity contribution in [3.63, 3.8) is 0 Å². The molecule has 8 nitrogen and oxygen atoms in total. The normalized spacial score (nSPS) is 10.5. The van der Waals surface area contributed by atoms with Crippen LogP contribution in [-0.2, 0) is 17.6 Å². The van der Waals surface area contributed by atoms with E-state index in [4.69, 9.17) is 9.47 Å². The number of hydrogen-bond donors (Lipinski definition) is 2. The minimum absolute atomic E-state index is 0.0741. The Hall–Kier alpha value is -3.20. The number of rotatable bonds is 9. The largest absolute Gasteiger partial charge is 0.493 e. The number of anilines is 2. The van der Waals surface area contributed by atoms with Crippen LogP contribution in [0.25, 0.3) is 0 Å². The Morgan fingerprint density at radius 1 is 1.03 bits per heavy atom. The number of aromatic nitrogens is 3. The number of thiazole rings is 1. The molecule has 0 aliphatic carbocycles. The van der Waals surface area contributed by atoms with Crippen molar-refractivity contribution in [2.75, 3.05) is 26.1 Å². The standard InChI is InChI=1S/C21H25N5O3S/c1-13-9-14(2)24-20(23-13)26-21-25-16(12-30-21)11-19(27)22-8-7-15-5-6-17(28-3)18(10-15)29-4/h5-6,9-10,12H,7-8,11H2,1-4H3,(H,22,27)(H,23,24,25,26). The maximum absolute atomic E-state index is 12.2. The first-order valence-corrected chi connectivity index (χ1v) is 10.4. The maximum Gasteiger partial charge on any atom is 0.229 e. The SMILES string of the molecule is COc1ccc(CCNC(=O)Cc2csc(Nc3nc(C)cc(C)n3)n2)cc1OC. The molecule has 0 aliphatic rings. The first-order chi connectivity index (χ1) is 14.5. The Kier molecular flexibility index (Phi) is 7.18. The van der Waals surface area contributed by atoms with Crippen LogP contribution in [0.2, 0.25) is 0 Å². The molecular weight excluding hydrogens is 402 g/mol. The zero-order valence-corrected chi connectivity index (χ0v) is 18.3. The van der Waals surface area contributed by atoms with Crippen LogP contribution < -0.4 is 20.1 Å². The molecule has 0 atom stereocenters. The maximum atomic E-state index is 12.2. The number of amides is 1. The van der Waals surface area contributed by atoms with Crippen LogP contribution in [-0.4, -0.2) is 41.6 Å². The summed E-state index contributed by atoms with van der Waals surface area (Å²) in [5.74, 6) is 1.80. The lowest BCUT2D eigenvalue weighted by Gasteiger charge is -2.10. The highest BCUT2D eigenvalue weighted by Gasteiger charge is 2.10. The van der Waals surface area contributed by atoms with Crippen LogP contribution in [0.15, 0.2) is 29.6 Å². The molecule has 2 N–H and O–H groups in total. The van der Waals surface area contributed by atoms with Gasteiger partial charge in [0.1, 0.15) is 0 Å². The number of hydrogen-bond acceptors (Lipinski definition) is 8. The van der Waals surface area contributed by atoms with Gasteiger partial charge in [0.25, 0.3) is 0 Å². The number of ether oxygens (including phenoxy) is 2. The fourth-order valence-electron chi connectivity index (χ4n) is 2.93. The highest BCUT2D eigenvalue weighted by Crippen LogP contribution is 2.27. The Balaban J connectivity index is 1.48. The van der Waals surface area contributed by atoms with E-state index in [1.54, 1.807) is 14.2 Å². The highest BCUT2D eigenvalue weighted by molar-refractivity contribution is 7.13. The summed E-state index contributed by atoms with van der Waals surface area (Å²) in [7, 11) is 3.21. The summed E-state index contributed by atoms with van der Waals surface area (Å²) in [4.78, 5) is 25.4. The van der Waals surface area contributed by atoms with Crippen molar-refractivity contribution in [1.82, 2.24) is 20.3 Å². The molecule has 0 spiro atoms. The van der Waals surface area contributed by atoms with Crippen molar-refractivity contribution >= 4 is 28.3 Å². The zero-order valence-electron chi connectivity index (χ0n) is 17.5. The number of carbonyl (C=O) groups is 1. The predicted octanol–water partition coefficient (Wildman–Crippen LogP) is 3.21. The molecule has 158 valence electrons. The summed E-state index contributed by atoms with van der Waals surface area (Å²) in [5, 5.41) is 8.54. The van der Waals surface area contributed by atoms with Crippen molar-refractivity contribution in [2.45, 2.75) is 26.7 Å². The average molecular weight is 428 g/mol. The van der Waals surface area contributed by atoms with E-state index >= 15 is 0 Å². The van der Waals surface area contributed by atoms with Gasteiger partial charge in [0.15, 0.2) is 16.6 Å². The number of carbonyl (C=O) groups excluding carboxylic acids is 1. The number of benzene rings is 1. The van der Waals surface area contributed by atoms with Gasteiger partial charge in [-0.3, -0.25) is 4.79 Å². The summed E-state index contributed by atoms with van der Waals surface area (Å²) in [6.07, 6.45) is 0.915. The van der Waals surface area contributed by atoms with E-state index < -0.39 is 0 Å². The lowest BCUT2D eigenvalue weighted by molar-refractivity contribution is -0.120. The van der Waals surface area contributed by atoms with Gasteiger partial charge in [-0.25, -0.2) is 15.0 Å². The van der Waals surface area contributed by atoms with Crippen molar-refractivity contribution in [2.24, 2.45) is 0 Å². The lowest BCUT2D eigenvalue weighted by atomic mass is 10.1. The number of methoxy groups -OCH3 is 2. The molecule has 0 unspecified atom stereocenters. The van der Waals surface area contributed by atoms with E-state index in [1.165, 1.54) is 11.3 Å². The molecular formula is C21H25N5O3S. The Bertz CT molecular complexity index is 1000. The molecule has 2 aromatic heterocycles. The van der Waals surface area contributed by atoms with Crippen LogP contribution in [0.5, 0.6) is 11.5 Å². The van der Waals surface area contributed by atoms with Gasteiger partial charge in [0, 0.05) is 23.3 Å². The first-order valence-electron chi connectivity index (χ1n) is 9.48. The third-order valence-corrected chi connectivity index (χ3v) is 5.08. The molecule has 0 aliphatic heterocycles. The van der Waals surface area contributed by atoms with Crippen LogP contribution in [0.1, 0.15) is 22.6 Å².